The molecule has 0 radical (unpaired) electrons. The van der Waals surface area contributed by atoms with E-state index in [4.69, 9.17) is 5.73 Å². The van der Waals surface area contributed by atoms with Gasteiger partial charge in [-0.05, 0) is 61.4 Å². The molecule has 2 aliphatic rings. The summed E-state index contributed by atoms with van der Waals surface area (Å²) < 4.78 is 0. The molecule has 1 heterocycles. The Hall–Kier alpha value is -2.33. The van der Waals surface area contributed by atoms with Crippen molar-refractivity contribution in [2.75, 3.05) is 11.1 Å². The van der Waals surface area contributed by atoms with Gasteiger partial charge in [0, 0.05) is 11.3 Å². The Balaban J connectivity index is 1.43. The van der Waals surface area contributed by atoms with Crippen LogP contribution in [0, 0.1) is 5.92 Å². The zero-order chi connectivity index (χ0) is 20.2. The van der Waals surface area contributed by atoms with Crippen molar-refractivity contribution < 1.29 is 4.79 Å². The van der Waals surface area contributed by atoms with E-state index in [2.05, 4.69) is 35.7 Å². The van der Waals surface area contributed by atoms with Crippen molar-refractivity contribution in [3.8, 4) is 0 Å². The SMILES string of the molecule is CC1=C(C(=O)c2sc(Nc3ccc(CC4CCCCC4)cc3)cc2N)CCC=C1. The Morgan fingerprint density at radius 2 is 1.93 bits per heavy atom. The number of nitrogens with one attached hydrogen (secondary N) is 1. The molecular weight excluding hydrogens is 376 g/mol. The van der Waals surface area contributed by atoms with E-state index in [9.17, 15) is 4.79 Å². The second-order valence-electron chi connectivity index (χ2n) is 8.36. The molecule has 4 rings (SSSR count). The summed E-state index contributed by atoms with van der Waals surface area (Å²) in [6, 6.07) is 10.6. The number of hydrogen-bond donors (Lipinski definition) is 2. The highest BCUT2D eigenvalue weighted by Gasteiger charge is 2.21. The predicted octanol–water partition coefficient (Wildman–Crippen LogP) is 7.05. The Morgan fingerprint density at radius 3 is 2.66 bits per heavy atom. The summed E-state index contributed by atoms with van der Waals surface area (Å²) in [6.45, 7) is 2.00. The van der Waals surface area contributed by atoms with E-state index in [-0.39, 0.29) is 5.78 Å². The van der Waals surface area contributed by atoms with Crippen molar-refractivity contribution in [3.05, 3.63) is 64.1 Å². The van der Waals surface area contributed by atoms with Gasteiger partial charge in [-0.15, -0.1) is 11.3 Å². The minimum Gasteiger partial charge on any atom is -0.397 e. The first-order valence-corrected chi connectivity index (χ1v) is 11.6. The molecule has 1 aromatic carbocycles. The van der Waals surface area contributed by atoms with Gasteiger partial charge < -0.3 is 11.1 Å². The van der Waals surface area contributed by atoms with Crippen LogP contribution in [0.25, 0.3) is 0 Å². The van der Waals surface area contributed by atoms with Gasteiger partial charge in [-0.3, -0.25) is 4.79 Å². The highest BCUT2D eigenvalue weighted by molar-refractivity contribution is 7.18. The predicted molar refractivity (Wildman–Crippen MR) is 124 cm³/mol. The van der Waals surface area contributed by atoms with Crippen LogP contribution in [0.3, 0.4) is 0 Å². The van der Waals surface area contributed by atoms with Gasteiger partial charge in [-0.25, -0.2) is 0 Å². The molecule has 0 spiro atoms. The number of allylic oxidation sites excluding steroid dienone is 4. The van der Waals surface area contributed by atoms with Crippen LogP contribution in [0.4, 0.5) is 16.4 Å². The van der Waals surface area contributed by atoms with Crippen molar-refractivity contribution >= 4 is 33.5 Å². The zero-order valence-corrected chi connectivity index (χ0v) is 18.0. The number of benzene rings is 1. The summed E-state index contributed by atoms with van der Waals surface area (Å²) in [5.41, 5.74) is 11.1. The second-order valence-corrected chi connectivity index (χ2v) is 9.41. The molecule has 0 saturated heterocycles. The number of anilines is 3. The molecule has 2 aliphatic carbocycles. The second kappa shape index (κ2) is 9.00. The van der Waals surface area contributed by atoms with E-state index in [1.807, 2.05) is 19.1 Å². The van der Waals surface area contributed by atoms with Crippen LogP contribution in [-0.4, -0.2) is 5.78 Å². The van der Waals surface area contributed by atoms with Crippen molar-refractivity contribution in [1.29, 1.82) is 0 Å². The molecule has 3 N–H and O–H groups in total. The lowest BCUT2D eigenvalue weighted by atomic mass is 9.85. The average molecular weight is 407 g/mol. The van der Waals surface area contributed by atoms with E-state index in [1.54, 1.807) is 0 Å². The third-order valence-electron chi connectivity index (χ3n) is 6.12. The number of nitrogens with two attached hydrogens (primary N) is 1. The normalized spacial score (nSPS) is 17.6. The monoisotopic (exact) mass is 406 g/mol. The number of hydrogen-bond acceptors (Lipinski definition) is 4. The molecule has 1 saturated carbocycles. The van der Waals surface area contributed by atoms with Crippen molar-refractivity contribution in [3.63, 3.8) is 0 Å². The summed E-state index contributed by atoms with van der Waals surface area (Å²) in [6.07, 6.45) is 14.0. The Labute approximate surface area is 177 Å². The fraction of sp³-hybridized carbons (Fsp3) is 0.400. The fourth-order valence-electron chi connectivity index (χ4n) is 4.45. The van der Waals surface area contributed by atoms with Crippen LogP contribution >= 0.6 is 11.3 Å². The topological polar surface area (TPSA) is 55.1 Å². The molecule has 0 bridgehead atoms. The van der Waals surface area contributed by atoms with Gasteiger partial charge in [0.25, 0.3) is 0 Å². The number of nitrogen functional groups attached to an aromatic ring is 1. The maximum absolute atomic E-state index is 12.9. The van der Waals surface area contributed by atoms with Gasteiger partial charge in [0.15, 0.2) is 0 Å². The molecular formula is C25H30N2OS. The molecule has 0 aliphatic heterocycles. The standard InChI is InChI=1S/C25H30N2OS/c1-17-7-5-6-10-21(17)24(28)25-22(26)16-23(29-25)27-20-13-11-19(12-14-20)15-18-8-3-2-4-9-18/h5,7,11-14,16,18,27H,2-4,6,8-10,15,26H2,1H3. The van der Waals surface area contributed by atoms with Gasteiger partial charge >= 0.3 is 0 Å². The van der Waals surface area contributed by atoms with E-state index in [1.165, 1.54) is 55.4 Å². The highest BCUT2D eigenvalue weighted by Crippen LogP contribution is 2.35. The molecule has 0 atom stereocenters. The lowest BCUT2D eigenvalue weighted by Crippen LogP contribution is -2.09. The Bertz CT molecular complexity index is 930. The number of thiophene rings is 1. The maximum atomic E-state index is 12.9. The van der Waals surface area contributed by atoms with Gasteiger partial charge in [0.05, 0.1) is 15.6 Å². The third kappa shape index (κ3) is 4.81. The lowest BCUT2D eigenvalue weighted by molar-refractivity contribution is 0.103. The molecule has 0 amide bonds. The summed E-state index contributed by atoms with van der Waals surface area (Å²) >= 11 is 1.45. The first kappa shape index (κ1) is 20.0. The van der Waals surface area contributed by atoms with Gasteiger partial charge in [-0.1, -0.05) is 56.4 Å². The molecule has 4 heteroatoms. The van der Waals surface area contributed by atoms with Gasteiger partial charge in [0.2, 0.25) is 5.78 Å². The van der Waals surface area contributed by atoms with Crippen LogP contribution in [0.1, 0.15) is 67.1 Å². The first-order chi connectivity index (χ1) is 14.1. The van der Waals surface area contributed by atoms with E-state index < -0.39 is 0 Å². The Morgan fingerprint density at radius 1 is 1.17 bits per heavy atom. The third-order valence-corrected chi connectivity index (χ3v) is 7.18. The molecule has 0 unspecified atom stereocenters. The van der Waals surface area contributed by atoms with Gasteiger partial charge in [0.1, 0.15) is 0 Å². The van der Waals surface area contributed by atoms with E-state index in [0.717, 1.165) is 40.6 Å². The van der Waals surface area contributed by atoms with Crippen LogP contribution in [-0.2, 0) is 6.42 Å². The van der Waals surface area contributed by atoms with Crippen LogP contribution < -0.4 is 11.1 Å². The minimum absolute atomic E-state index is 0.0743. The molecule has 3 nitrogen and oxygen atoms in total. The number of Topliss-reactive ketones (excluding diaryl/α,β-unsaturated/α-hetero) is 1. The number of carbonyl (C=O) groups excluding carboxylic acids is 1. The van der Waals surface area contributed by atoms with Crippen molar-refractivity contribution in [1.82, 2.24) is 0 Å². The molecule has 29 heavy (non-hydrogen) atoms. The Kier molecular flexibility index (Phi) is 6.19. The van der Waals surface area contributed by atoms with Crippen molar-refractivity contribution in [2.45, 2.75) is 58.3 Å². The number of rotatable bonds is 6. The molecule has 1 fully saturated rings. The largest absolute Gasteiger partial charge is 0.397 e. The highest BCUT2D eigenvalue weighted by atomic mass is 32.1. The van der Waals surface area contributed by atoms with E-state index in [0.29, 0.717) is 10.6 Å². The van der Waals surface area contributed by atoms with Crippen LogP contribution in [0.2, 0.25) is 0 Å². The minimum atomic E-state index is 0.0743. The van der Waals surface area contributed by atoms with Crippen LogP contribution in [0.5, 0.6) is 0 Å². The molecule has 152 valence electrons. The molecule has 1 aromatic heterocycles. The molecule has 2 aromatic rings. The first-order valence-electron chi connectivity index (χ1n) is 10.8. The van der Waals surface area contributed by atoms with Crippen LogP contribution in [0.15, 0.2) is 53.6 Å². The average Bonchev–Trinajstić information content (AvgIpc) is 3.10. The summed E-state index contributed by atoms with van der Waals surface area (Å²) in [7, 11) is 0. The fourth-order valence-corrected chi connectivity index (χ4v) is 5.42. The van der Waals surface area contributed by atoms with Gasteiger partial charge in [-0.2, -0.15) is 0 Å². The number of ketones is 1. The number of carbonyl (C=O) groups is 1. The summed E-state index contributed by atoms with van der Waals surface area (Å²) in [5.74, 6) is 0.922. The quantitative estimate of drug-likeness (QED) is 0.506. The summed E-state index contributed by atoms with van der Waals surface area (Å²) in [4.78, 5) is 13.6. The summed E-state index contributed by atoms with van der Waals surface area (Å²) in [5, 5.41) is 4.33. The van der Waals surface area contributed by atoms with E-state index >= 15 is 0 Å². The zero-order valence-electron chi connectivity index (χ0n) is 17.2. The maximum Gasteiger partial charge on any atom is 0.201 e. The van der Waals surface area contributed by atoms with Crippen molar-refractivity contribution in [2.24, 2.45) is 5.92 Å². The lowest BCUT2D eigenvalue weighted by Gasteiger charge is -2.21. The smallest absolute Gasteiger partial charge is 0.201 e.